The van der Waals surface area contributed by atoms with E-state index in [0.29, 0.717) is 18.0 Å². The molecule has 1 heterocycles. The van der Waals surface area contributed by atoms with Gasteiger partial charge in [0.05, 0.1) is 10.6 Å². The molecule has 7 nitrogen and oxygen atoms in total. The first-order valence-electron chi connectivity index (χ1n) is 10.7. The van der Waals surface area contributed by atoms with Crippen LogP contribution >= 0.6 is 0 Å². The molecule has 31 heavy (non-hydrogen) atoms. The number of aryl methyl sites for hydroxylation is 1. The van der Waals surface area contributed by atoms with Crippen LogP contribution < -0.4 is 9.04 Å². The highest BCUT2D eigenvalue weighted by Gasteiger charge is 2.24. The van der Waals surface area contributed by atoms with E-state index in [1.54, 1.807) is 55.5 Å². The maximum absolute atomic E-state index is 13.0. The minimum Gasteiger partial charge on any atom is -0.484 e. The molecule has 0 aromatic heterocycles. The Morgan fingerprint density at radius 3 is 2.13 bits per heavy atom. The number of ether oxygens (including phenoxy) is 1. The van der Waals surface area contributed by atoms with Gasteiger partial charge in [-0.1, -0.05) is 24.6 Å². The van der Waals surface area contributed by atoms with Crippen molar-refractivity contribution in [2.24, 2.45) is 0 Å². The number of hydrogen-bond acceptors (Lipinski definition) is 5. The summed E-state index contributed by atoms with van der Waals surface area (Å²) in [6, 6.07) is 13.6. The molecule has 0 bridgehead atoms. The van der Waals surface area contributed by atoms with E-state index in [0.717, 1.165) is 38.3 Å². The van der Waals surface area contributed by atoms with Crippen LogP contribution in [0.2, 0.25) is 0 Å². The summed E-state index contributed by atoms with van der Waals surface area (Å²) in [6.07, 6.45) is 0. The summed E-state index contributed by atoms with van der Waals surface area (Å²) in [6.45, 7) is 10.3. The van der Waals surface area contributed by atoms with Gasteiger partial charge in [0.2, 0.25) is 0 Å². The molecule has 0 radical (unpaired) electrons. The van der Waals surface area contributed by atoms with Crippen LogP contribution in [0.25, 0.3) is 0 Å². The van der Waals surface area contributed by atoms with Crippen molar-refractivity contribution >= 4 is 21.6 Å². The van der Waals surface area contributed by atoms with Gasteiger partial charge < -0.3 is 14.5 Å². The maximum Gasteiger partial charge on any atom is 0.264 e. The number of piperazine rings is 1. The predicted octanol–water partition coefficient (Wildman–Crippen LogP) is 2.75. The van der Waals surface area contributed by atoms with Gasteiger partial charge >= 0.3 is 0 Å². The molecule has 1 fully saturated rings. The molecular weight excluding hydrogens is 414 g/mol. The molecule has 2 aromatic carbocycles. The highest BCUT2D eigenvalue weighted by atomic mass is 32.2. The highest BCUT2D eigenvalue weighted by Crippen LogP contribution is 2.26. The van der Waals surface area contributed by atoms with Gasteiger partial charge in [-0.3, -0.25) is 9.10 Å². The summed E-state index contributed by atoms with van der Waals surface area (Å²) in [4.78, 5) is 16.8. The van der Waals surface area contributed by atoms with Gasteiger partial charge in [0.1, 0.15) is 5.75 Å². The number of likely N-dealkylation sites (N-methyl/N-ethyl adjacent to an activating group) is 1. The van der Waals surface area contributed by atoms with Crippen LogP contribution in [0.3, 0.4) is 0 Å². The van der Waals surface area contributed by atoms with Crippen LogP contribution in [-0.2, 0) is 14.8 Å². The zero-order valence-corrected chi connectivity index (χ0v) is 19.3. The smallest absolute Gasteiger partial charge is 0.264 e. The minimum absolute atomic E-state index is 0.0232. The molecule has 1 saturated heterocycles. The Hall–Kier alpha value is -2.58. The van der Waals surface area contributed by atoms with Crippen molar-refractivity contribution in [2.75, 3.05) is 50.2 Å². The van der Waals surface area contributed by atoms with E-state index in [-0.39, 0.29) is 17.4 Å². The van der Waals surface area contributed by atoms with Gasteiger partial charge in [0.15, 0.2) is 6.61 Å². The van der Waals surface area contributed by atoms with E-state index in [9.17, 15) is 13.2 Å². The van der Waals surface area contributed by atoms with Crippen LogP contribution in [0.5, 0.6) is 5.75 Å². The fourth-order valence-corrected chi connectivity index (χ4v) is 5.06. The Labute approximate surface area is 185 Å². The molecule has 1 aliphatic heterocycles. The lowest BCUT2D eigenvalue weighted by molar-refractivity contribution is -0.135. The Balaban J connectivity index is 1.62. The average Bonchev–Trinajstić information content (AvgIpc) is 2.79. The topological polar surface area (TPSA) is 70.2 Å². The van der Waals surface area contributed by atoms with Crippen LogP contribution in [0.1, 0.15) is 19.4 Å². The average molecular weight is 446 g/mol. The van der Waals surface area contributed by atoms with Crippen LogP contribution in [-0.4, -0.2) is 70.0 Å². The minimum atomic E-state index is -3.65. The third kappa shape index (κ3) is 5.57. The van der Waals surface area contributed by atoms with Crippen molar-refractivity contribution in [3.05, 3.63) is 54.1 Å². The molecule has 0 saturated carbocycles. The van der Waals surface area contributed by atoms with Crippen molar-refractivity contribution in [3.8, 4) is 5.75 Å². The molecule has 0 N–H and O–H groups in total. The number of rotatable bonds is 8. The molecule has 3 rings (SSSR count). The lowest BCUT2D eigenvalue weighted by atomic mass is 10.2. The van der Waals surface area contributed by atoms with Crippen LogP contribution in [0.15, 0.2) is 53.4 Å². The molecule has 0 atom stereocenters. The van der Waals surface area contributed by atoms with Gasteiger partial charge in [-0.25, -0.2) is 8.42 Å². The highest BCUT2D eigenvalue weighted by molar-refractivity contribution is 7.92. The van der Waals surface area contributed by atoms with E-state index in [2.05, 4.69) is 11.8 Å². The fraction of sp³-hybridized carbons (Fsp3) is 0.435. The van der Waals surface area contributed by atoms with E-state index in [4.69, 9.17) is 4.74 Å². The lowest BCUT2D eigenvalue weighted by Crippen LogP contribution is -2.49. The summed E-state index contributed by atoms with van der Waals surface area (Å²) in [5.74, 6) is 0.505. The van der Waals surface area contributed by atoms with Crippen LogP contribution in [0, 0.1) is 6.92 Å². The Morgan fingerprint density at radius 2 is 1.58 bits per heavy atom. The van der Waals surface area contributed by atoms with Gasteiger partial charge in [-0.15, -0.1) is 0 Å². The number of hydrogen-bond donors (Lipinski definition) is 0. The Morgan fingerprint density at radius 1 is 0.968 bits per heavy atom. The maximum atomic E-state index is 13.0. The number of amides is 1. The van der Waals surface area contributed by atoms with Crippen molar-refractivity contribution < 1.29 is 17.9 Å². The molecule has 0 unspecified atom stereocenters. The third-order valence-corrected chi connectivity index (χ3v) is 7.47. The predicted molar refractivity (Wildman–Crippen MR) is 122 cm³/mol. The largest absolute Gasteiger partial charge is 0.484 e. The molecule has 168 valence electrons. The van der Waals surface area contributed by atoms with Crippen molar-refractivity contribution in [2.45, 2.75) is 25.7 Å². The first-order chi connectivity index (χ1) is 14.8. The lowest BCUT2D eigenvalue weighted by Gasteiger charge is -2.33. The fourth-order valence-electron chi connectivity index (χ4n) is 3.59. The second kappa shape index (κ2) is 10.2. The normalized spacial score (nSPS) is 15.0. The number of sulfonamides is 1. The zero-order valence-electron chi connectivity index (χ0n) is 18.5. The van der Waals surface area contributed by atoms with Crippen molar-refractivity contribution in [3.63, 3.8) is 0 Å². The summed E-state index contributed by atoms with van der Waals surface area (Å²) in [7, 11) is -3.65. The molecule has 0 aliphatic carbocycles. The zero-order chi connectivity index (χ0) is 22.4. The second-order valence-corrected chi connectivity index (χ2v) is 9.44. The number of benzene rings is 2. The Bertz CT molecular complexity index is 967. The first kappa shape index (κ1) is 23.1. The second-order valence-electron chi connectivity index (χ2n) is 7.58. The standard InChI is InChI=1S/C23H31N3O4S/c1-4-24-14-16-25(17-15-24)23(27)18-30-21-10-8-20(9-11-21)26(5-2)31(28,29)22-12-6-19(3)7-13-22/h6-13H,4-5,14-18H2,1-3H3. The number of carbonyl (C=O) groups is 1. The molecule has 1 amide bonds. The van der Waals surface area contributed by atoms with Gasteiger partial charge in [-0.2, -0.15) is 0 Å². The summed E-state index contributed by atoms with van der Waals surface area (Å²) < 4.78 is 33.1. The quantitative estimate of drug-likeness (QED) is 0.625. The molecule has 1 aliphatic rings. The number of nitrogens with zero attached hydrogens (tertiary/aromatic N) is 3. The van der Waals surface area contributed by atoms with E-state index in [1.165, 1.54) is 4.31 Å². The molecular formula is C23H31N3O4S. The SMILES string of the molecule is CCN1CCN(C(=O)COc2ccc(N(CC)S(=O)(=O)c3ccc(C)cc3)cc2)CC1. The van der Waals surface area contributed by atoms with E-state index in [1.807, 2.05) is 11.8 Å². The molecule has 8 heteroatoms. The monoisotopic (exact) mass is 445 g/mol. The molecule has 2 aromatic rings. The van der Waals surface area contributed by atoms with Crippen LogP contribution in [0.4, 0.5) is 5.69 Å². The number of carbonyl (C=O) groups excluding carboxylic acids is 1. The van der Waals surface area contributed by atoms with Crippen molar-refractivity contribution in [1.82, 2.24) is 9.80 Å². The molecule has 0 spiro atoms. The third-order valence-electron chi connectivity index (χ3n) is 5.56. The summed E-state index contributed by atoms with van der Waals surface area (Å²) in [5.41, 5.74) is 1.56. The van der Waals surface area contributed by atoms with Gasteiger partial charge in [-0.05, 0) is 56.8 Å². The van der Waals surface area contributed by atoms with Crippen molar-refractivity contribution in [1.29, 1.82) is 0 Å². The number of anilines is 1. The van der Waals surface area contributed by atoms with Gasteiger partial charge in [0, 0.05) is 32.7 Å². The first-order valence-corrected chi connectivity index (χ1v) is 12.1. The van der Waals surface area contributed by atoms with E-state index < -0.39 is 10.0 Å². The summed E-state index contributed by atoms with van der Waals surface area (Å²) in [5, 5.41) is 0. The Kier molecular flexibility index (Phi) is 7.56. The van der Waals surface area contributed by atoms with Gasteiger partial charge in [0.25, 0.3) is 15.9 Å². The summed E-state index contributed by atoms with van der Waals surface area (Å²) >= 11 is 0. The van der Waals surface area contributed by atoms with E-state index >= 15 is 0 Å².